The van der Waals surface area contributed by atoms with Crippen molar-refractivity contribution in [1.82, 2.24) is 19.6 Å². The number of nitrogens with zero attached hydrogens (tertiary/aromatic N) is 4. The standard InChI is InChI=1S/C21H26N4O/c1-2-24-13-10-18(22-24)21(26)25-14-17(15-6-4-3-5-7-15)20-19(25)16-8-11-23(20)12-9-16/h3-7,10,13,16-17,19-20H,2,8-9,11-12,14H2,1H3/t17-,19+,20+/m1/s1. The molecule has 0 N–H and O–H groups in total. The van der Waals surface area contributed by atoms with E-state index in [2.05, 4.69) is 45.2 Å². The van der Waals surface area contributed by atoms with Crippen LogP contribution in [-0.4, -0.2) is 57.2 Å². The summed E-state index contributed by atoms with van der Waals surface area (Å²) in [4.78, 5) is 18.1. The van der Waals surface area contributed by atoms with Crippen molar-refractivity contribution < 1.29 is 4.79 Å². The van der Waals surface area contributed by atoms with Gasteiger partial charge in [-0.25, -0.2) is 0 Å². The van der Waals surface area contributed by atoms with Crippen molar-refractivity contribution in [3.8, 4) is 0 Å². The Labute approximate surface area is 154 Å². The largest absolute Gasteiger partial charge is 0.332 e. The number of aryl methyl sites for hydroxylation is 1. The molecule has 5 nitrogen and oxygen atoms in total. The quantitative estimate of drug-likeness (QED) is 0.854. The molecular weight excluding hydrogens is 324 g/mol. The van der Waals surface area contributed by atoms with Gasteiger partial charge in [-0.15, -0.1) is 0 Å². The van der Waals surface area contributed by atoms with Crippen LogP contribution in [0.2, 0.25) is 0 Å². The molecule has 5 heteroatoms. The van der Waals surface area contributed by atoms with Crippen molar-refractivity contribution >= 4 is 5.91 Å². The molecule has 3 atom stereocenters. The molecule has 0 saturated carbocycles. The van der Waals surface area contributed by atoms with Gasteiger partial charge in [-0.1, -0.05) is 30.3 Å². The molecule has 2 bridgehead atoms. The van der Waals surface area contributed by atoms with Gasteiger partial charge in [-0.2, -0.15) is 5.10 Å². The van der Waals surface area contributed by atoms with Crippen LogP contribution in [0.5, 0.6) is 0 Å². The smallest absolute Gasteiger partial charge is 0.274 e. The van der Waals surface area contributed by atoms with Crippen molar-refractivity contribution in [3.63, 3.8) is 0 Å². The summed E-state index contributed by atoms with van der Waals surface area (Å²) in [5.74, 6) is 1.15. The van der Waals surface area contributed by atoms with Crippen LogP contribution < -0.4 is 0 Å². The van der Waals surface area contributed by atoms with E-state index in [4.69, 9.17) is 0 Å². The first-order chi connectivity index (χ1) is 12.8. The first-order valence-corrected chi connectivity index (χ1v) is 9.89. The third-order valence-electron chi connectivity index (χ3n) is 6.67. The molecule has 0 unspecified atom stereocenters. The van der Waals surface area contributed by atoms with E-state index in [0.717, 1.165) is 13.1 Å². The molecule has 4 saturated heterocycles. The number of likely N-dealkylation sites (tertiary alicyclic amines) is 1. The SMILES string of the molecule is CCn1ccc(C(=O)N2C[C@H](c3ccccc3)[C@H]3[C@@H]2C2CCN3CC2)n1. The number of carbonyl (C=O) groups is 1. The summed E-state index contributed by atoms with van der Waals surface area (Å²) in [6.45, 7) is 6.02. The van der Waals surface area contributed by atoms with E-state index in [0.29, 0.717) is 29.6 Å². The summed E-state index contributed by atoms with van der Waals surface area (Å²) >= 11 is 0. The van der Waals surface area contributed by atoms with E-state index in [1.165, 1.54) is 31.5 Å². The second-order valence-electron chi connectivity index (χ2n) is 7.89. The fraction of sp³-hybridized carbons (Fsp3) is 0.524. The van der Waals surface area contributed by atoms with Crippen molar-refractivity contribution in [3.05, 3.63) is 53.9 Å². The van der Waals surface area contributed by atoms with Gasteiger partial charge in [0.15, 0.2) is 0 Å². The minimum atomic E-state index is 0.111. The predicted molar refractivity (Wildman–Crippen MR) is 100.0 cm³/mol. The molecule has 4 aliphatic rings. The number of carbonyl (C=O) groups excluding carboxylic acids is 1. The molecule has 2 aromatic rings. The lowest BCUT2D eigenvalue weighted by molar-refractivity contribution is -0.00360. The van der Waals surface area contributed by atoms with Crippen LogP contribution in [0.4, 0.5) is 0 Å². The monoisotopic (exact) mass is 350 g/mol. The van der Waals surface area contributed by atoms with Gasteiger partial charge in [-0.3, -0.25) is 14.4 Å². The molecule has 6 rings (SSSR count). The summed E-state index contributed by atoms with van der Waals surface area (Å²) in [5, 5.41) is 4.48. The Bertz CT molecular complexity index is 793. The summed E-state index contributed by atoms with van der Waals surface area (Å²) in [6, 6.07) is 13.4. The number of fused-ring (bicyclic) bond motifs is 2. The van der Waals surface area contributed by atoms with Crippen molar-refractivity contribution in [2.75, 3.05) is 19.6 Å². The molecule has 4 fully saturated rings. The Morgan fingerprint density at radius 3 is 2.58 bits per heavy atom. The molecule has 1 aromatic carbocycles. The molecule has 26 heavy (non-hydrogen) atoms. The van der Waals surface area contributed by atoms with Crippen LogP contribution in [0.25, 0.3) is 0 Å². The van der Waals surface area contributed by atoms with Crippen LogP contribution in [0.15, 0.2) is 42.6 Å². The fourth-order valence-electron chi connectivity index (χ4n) is 5.45. The normalized spacial score (nSPS) is 32.7. The summed E-state index contributed by atoms with van der Waals surface area (Å²) in [7, 11) is 0. The van der Waals surface area contributed by atoms with Gasteiger partial charge in [0.25, 0.3) is 5.91 Å². The summed E-state index contributed by atoms with van der Waals surface area (Å²) < 4.78 is 1.84. The predicted octanol–water partition coefficient (Wildman–Crippen LogP) is 2.61. The number of aromatic nitrogens is 2. The number of benzene rings is 1. The van der Waals surface area contributed by atoms with E-state index < -0.39 is 0 Å². The van der Waals surface area contributed by atoms with Gasteiger partial charge in [0.2, 0.25) is 0 Å². The molecule has 1 amide bonds. The summed E-state index contributed by atoms with van der Waals surface area (Å²) in [5.41, 5.74) is 1.96. The molecule has 136 valence electrons. The second kappa shape index (κ2) is 6.23. The van der Waals surface area contributed by atoms with Crippen molar-refractivity contribution in [2.24, 2.45) is 5.92 Å². The van der Waals surface area contributed by atoms with E-state index in [1.54, 1.807) is 0 Å². The highest BCUT2D eigenvalue weighted by Crippen LogP contribution is 2.46. The molecule has 4 aliphatic heterocycles. The Morgan fingerprint density at radius 2 is 1.88 bits per heavy atom. The van der Waals surface area contributed by atoms with Gasteiger partial charge in [-0.05, 0) is 50.4 Å². The van der Waals surface area contributed by atoms with Crippen LogP contribution in [-0.2, 0) is 6.54 Å². The van der Waals surface area contributed by atoms with Gasteiger partial charge in [0.1, 0.15) is 5.69 Å². The Balaban J connectivity index is 1.50. The van der Waals surface area contributed by atoms with Gasteiger partial charge < -0.3 is 4.90 Å². The van der Waals surface area contributed by atoms with E-state index >= 15 is 0 Å². The molecular formula is C21H26N4O. The number of hydrogen-bond donors (Lipinski definition) is 0. The van der Waals surface area contributed by atoms with E-state index in [1.807, 2.05) is 23.9 Å². The highest BCUT2D eigenvalue weighted by molar-refractivity contribution is 5.93. The maximum atomic E-state index is 13.3. The molecule has 5 heterocycles. The van der Waals surface area contributed by atoms with Crippen molar-refractivity contribution in [1.29, 1.82) is 0 Å². The number of amides is 1. The molecule has 0 aliphatic carbocycles. The zero-order valence-corrected chi connectivity index (χ0v) is 15.3. The van der Waals surface area contributed by atoms with E-state index in [9.17, 15) is 4.79 Å². The van der Waals surface area contributed by atoms with Crippen LogP contribution in [0, 0.1) is 5.92 Å². The lowest BCUT2D eigenvalue weighted by Gasteiger charge is -2.51. The lowest BCUT2D eigenvalue weighted by atomic mass is 9.75. The van der Waals surface area contributed by atoms with E-state index in [-0.39, 0.29) is 5.91 Å². The highest BCUT2D eigenvalue weighted by atomic mass is 16.2. The fourth-order valence-corrected chi connectivity index (χ4v) is 5.45. The highest BCUT2D eigenvalue weighted by Gasteiger charge is 2.54. The molecule has 0 spiro atoms. The average molecular weight is 350 g/mol. The summed E-state index contributed by atoms with van der Waals surface area (Å²) in [6.07, 6.45) is 4.34. The minimum absolute atomic E-state index is 0.111. The second-order valence-corrected chi connectivity index (χ2v) is 7.89. The maximum absolute atomic E-state index is 13.3. The first-order valence-electron chi connectivity index (χ1n) is 9.89. The Morgan fingerprint density at radius 1 is 1.12 bits per heavy atom. The zero-order valence-electron chi connectivity index (χ0n) is 15.3. The van der Waals surface area contributed by atoms with Crippen molar-refractivity contribution in [2.45, 2.75) is 44.3 Å². The Hall–Kier alpha value is -2.14. The van der Waals surface area contributed by atoms with Crippen LogP contribution in [0.1, 0.15) is 41.7 Å². The topological polar surface area (TPSA) is 41.4 Å². The number of rotatable bonds is 3. The maximum Gasteiger partial charge on any atom is 0.274 e. The Kier molecular flexibility index (Phi) is 3.85. The third-order valence-corrected chi connectivity index (χ3v) is 6.67. The molecule has 1 aromatic heterocycles. The van der Waals surface area contributed by atoms with Crippen LogP contribution >= 0.6 is 0 Å². The zero-order chi connectivity index (χ0) is 17.7. The number of piperidine rings is 3. The number of hydrogen-bond acceptors (Lipinski definition) is 3. The van der Waals surface area contributed by atoms with Crippen LogP contribution in [0.3, 0.4) is 0 Å². The average Bonchev–Trinajstić information content (AvgIpc) is 3.35. The lowest BCUT2D eigenvalue weighted by Crippen LogP contribution is -2.60. The first kappa shape index (κ1) is 16.1. The van der Waals surface area contributed by atoms with Gasteiger partial charge >= 0.3 is 0 Å². The van der Waals surface area contributed by atoms with Gasteiger partial charge in [0.05, 0.1) is 6.04 Å². The van der Waals surface area contributed by atoms with Gasteiger partial charge in [0, 0.05) is 31.2 Å². The molecule has 0 radical (unpaired) electrons. The third kappa shape index (κ3) is 2.41. The minimum Gasteiger partial charge on any atom is -0.332 e.